The Morgan fingerprint density at radius 1 is 1.29 bits per heavy atom. The van der Waals surface area contributed by atoms with E-state index in [1.807, 2.05) is 0 Å². The van der Waals surface area contributed by atoms with Gasteiger partial charge in [0, 0.05) is 12.0 Å². The van der Waals surface area contributed by atoms with E-state index >= 15 is 0 Å². The maximum atomic E-state index is 13.1. The van der Waals surface area contributed by atoms with Gasteiger partial charge in [0.05, 0.1) is 19.2 Å². The summed E-state index contributed by atoms with van der Waals surface area (Å²) >= 11 is 0. The summed E-state index contributed by atoms with van der Waals surface area (Å²) < 4.78 is 6.09. The number of amides is 1. The largest absolute Gasteiger partial charge is 0.370 e. The standard InChI is InChI=1S/C20H30N2O2/c1-13-5-6-14(2)18(9-13)19-11-22(16(4)12-24-19)20(23)17-7-8-21-15(3)10-17/h5-6,9,15-17,19,21H,7-8,10-12H2,1-4H3/t15-,16-,17-,19-/m0/s1. The number of morpholine rings is 1. The highest BCUT2D eigenvalue weighted by molar-refractivity contribution is 5.79. The fourth-order valence-corrected chi connectivity index (χ4v) is 3.95. The van der Waals surface area contributed by atoms with Crippen LogP contribution in [0.5, 0.6) is 0 Å². The van der Waals surface area contributed by atoms with E-state index in [2.05, 4.69) is 56.1 Å². The van der Waals surface area contributed by atoms with Gasteiger partial charge in [-0.05, 0) is 58.2 Å². The van der Waals surface area contributed by atoms with Crippen LogP contribution in [0.4, 0.5) is 0 Å². The molecule has 2 aliphatic heterocycles. The molecule has 0 bridgehead atoms. The van der Waals surface area contributed by atoms with Crippen LogP contribution in [-0.4, -0.2) is 42.6 Å². The maximum absolute atomic E-state index is 13.1. The number of carbonyl (C=O) groups is 1. The molecule has 1 aromatic rings. The zero-order valence-corrected chi connectivity index (χ0v) is 15.3. The summed E-state index contributed by atoms with van der Waals surface area (Å²) in [5, 5.41) is 3.43. The summed E-state index contributed by atoms with van der Waals surface area (Å²) in [4.78, 5) is 15.1. The van der Waals surface area contributed by atoms with Crippen LogP contribution in [0.1, 0.15) is 49.5 Å². The maximum Gasteiger partial charge on any atom is 0.226 e. The van der Waals surface area contributed by atoms with Crippen LogP contribution < -0.4 is 5.32 Å². The van der Waals surface area contributed by atoms with Crippen LogP contribution in [0.15, 0.2) is 18.2 Å². The molecule has 2 aliphatic rings. The number of aryl methyl sites for hydroxylation is 2. The third-order valence-electron chi connectivity index (χ3n) is 5.47. The van der Waals surface area contributed by atoms with Crippen molar-refractivity contribution in [2.24, 2.45) is 5.92 Å². The Morgan fingerprint density at radius 2 is 2.08 bits per heavy atom. The SMILES string of the molecule is Cc1ccc(C)c([C@@H]2CN(C(=O)[C@H]3CCN[C@@H](C)C3)[C@@H](C)CO2)c1. The van der Waals surface area contributed by atoms with E-state index in [4.69, 9.17) is 4.74 Å². The Kier molecular flexibility index (Phi) is 5.26. The lowest BCUT2D eigenvalue weighted by Crippen LogP contribution is -2.52. The van der Waals surface area contributed by atoms with Gasteiger partial charge in [-0.1, -0.05) is 23.8 Å². The molecule has 1 amide bonds. The van der Waals surface area contributed by atoms with Crippen molar-refractivity contribution in [1.29, 1.82) is 0 Å². The van der Waals surface area contributed by atoms with E-state index in [9.17, 15) is 4.79 Å². The first kappa shape index (κ1) is 17.4. The average molecular weight is 330 g/mol. The van der Waals surface area contributed by atoms with Crippen molar-refractivity contribution in [2.45, 2.75) is 58.7 Å². The Bertz CT molecular complexity index is 601. The number of rotatable bonds is 2. The summed E-state index contributed by atoms with van der Waals surface area (Å²) in [6.07, 6.45) is 1.88. The third-order valence-corrected chi connectivity index (χ3v) is 5.47. The number of ether oxygens (including phenoxy) is 1. The molecule has 4 atom stereocenters. The zero-order chi connectivity index (χ0) is 17.3. The van der Waals surface area contributed by atoms with Gasteiger partial charge >= 0.3 is 0 Å². The fraction of sp³-hybridized carbons (Fsp3) is 0.650. The van der Waals surface area contributed by atoms with Gasteiger partial charge in [0.15, 0.2) is 0 Å². The van der Waals surface area contributed by atoms with Gasteiger partial charge in [0.25, 0.3) is 0 Å². The van der Waals surface area contributed by atoms with Gasteiger partial charge < -0.3 is 15.0 Å². The summed E-state index contributed by atoms with van der Waals surface area (Å²) in [5.41, 5.74) is 3.70. The number of nitrogens with zero attached hydrogens (tertiary/aromatic N) is 1. The number of piperidine rings is 1. The van der Waals surface area contributed by atoms with Crippen molar-refractivity contribution in [3.8, 4) is 0 Å². The van der Waals surface area contributed by atoms with E-state index in [-0.39, 0.29) is 18.1 Å². The number of nitrogens with one attached hydrogen (secondary N) is 1. The molecule has 0 saturated carbocycles. The van der Waals surface area contributed by atoms with E-state index in [1.54, 1.807) is 0 Å². The minimum absolute atomic E-state index is 0.0100. The van der Waals surface area contributed by atoms with Crippen molar-refractivity contribution < 1.29 is 9.53 Å². The van der Waals surface area contributed by atoms with Gasteiger partial charge in [-0.25, -0.2) is 0 Å². The molecule has 2 heterocycles. The molecule has 0 aliphatic carbocycles. The van der Waals surface area contributed by atoms with Crippen LogP contribution in [0, 0.1) is 19.8 Å². The van der Waals surface area contributed by atoms with Gasteiger partial charge in [-0.15, -0.1) is 0 Å². The predicted octanol–water partition coefficient (Wildman–Crippen LogP) is 2.98. The number of carbonyl (C=O) groups excluding carboxylic acids is 1. The smallest absolute Gasteiger partial charge is 0.226 e. The molecular weight excluding hydrogens is 300 g/mol. The molecule has 0 spiro atoms. The average Bonchev–Trinajstić information content (AvgIpc) is 2.57. The van der Waals surface area contributed by atoms with Gasteiger partial charge in [-0.3, -0.25) is 4.79 Å². The second-order valence-electron chi connectivity index (χ2n) is 7.60. The monoisotopic (exact) mass is 330 g/mol. The van der Waals surface area contributed by atoms with Crippen molar-refractivity contribution in [2.75, 3.05) is 19.7 Å². The summed E-state index contributed by atoms with van der Waals surface area (Å²) in [7, 11) is 0. The van der Waals surface area contributed by atoms with Gasteiger partial charge in [-0.2, -0.15) is 0 Å². The minimum Gasteiger partial charge on any atom is -0.370 e. The van der Waals surface area contributed by atoms with Gasteiger partial charge in [0.2, 0.25) is 5.91 Å². The highest BCUT2D eigenvalue weighted by Gasteiger charge is 2.35. The van der Waals surface area contributed by atoms with Crippen LogP contribution in [-0.2, 0) is 9.53 Å². The normalized spacial score (nSPS) is 31.1. The van der Waals surface area contributed by atoms with Crippen LogP contribution >= 0.6 is 0 Å². The zero-order valence-electron chi connectivity index (χ0n) is 15.3. The lowest BCUT2D eigenvalue weighted by molar-refractivity contribution is -0.150. The molecular formula is C20H30N2O2. The Hall–Kier alpha value is -1.39. The summed E-state index contributed by atoms with van der Waals surface area (Å²) in [6.45, 7) is 10.7. The number of hydrogen-bond acceptors (Lipinski definition) is 3. The van der Waals surface area contributed by atoms with Crippen LogP contribution in [0.2, 0.25) is 0 Å². The Morgan fingerprint density at radius 3 is 2.83 bits per heavy atom. The molecule has 0 aromatic heterocycles. The lowest BCUT2D eigenvalue weighted by Gasteiger charge is -2.41. The van der Waals surface area contributed by atoms with E-state index in [1.165, 1.54) is 16.7 Å². The van der Waals surface area contributed by atoms with E-state index in [0.29, 0.717) is 25.1 Å². The van der Waals surface area contributed by atoms with Crippen molar-refractivity contribution >= 4 is 5.91 Å². The molecule has 4 heteroatoms. The molecule has 3 rings (SSSR count). The van der Waals surface area contributed by atoms with Crippen molar-refractivity contribution in [3.63, 3.8) is 0 Å². The molecule has 24 heavy (non-hydrogen) atoms. The first-order valence-corrected chi connectivity index (χ1v) is 9.18. The van der Waals surface area contributed by atoms with Gasteiger partial charge in [0.1, 0.15) is 6.10 Å². The molecule has 0 radical (unpaired) electrons. The molecule has 1 aromatic carbocycles. The first-order valence-electron chi connectivity index (χ1n) is 9.18. The highest BCUT2D eigenvalue weighted by Crippen LogP contribution is 2.30. The van der Waals surface area contributed by atoms with Crippen LogP contribution in [0.3, 0.4) is 0 Å². The Labute approximate surface area is 145 Å². The van der Waals surface area contributed by atoms with Crippen molar-refractivity contribution in [1.82, 2.24) is 10.2 Å². The number of benzene rings is 1. The molecule has 2 saturated heterocycles. The quantitative estimate of drug-likeness (QED) is 0.906. The number of hydrogen-bond donors (Lipinski definition) is 1. The first-order chi connectivity index (χ1) is 11.5. The Balaban J connectivity index is 1.75. The topological polar surface area (TPSA) is 41.6 Å². The van der Waals surface area contributed by atoms with E-state index in [0.717, 1.165) is 19.4 Å². The van der Waals surface area contributed by atoms with Crippen LogP contribution in [0.25, 0.3) is 0 Å². The summed E-state index contributed by atoms with van der Waals surface area (Å²) in [6, 6.07) is 7.06. The predicted molar refractivity (Wildman–Crippen MR) is 96.0 cm³/mol. The minimum atomic E-state index is -0.0100. The molecule has 132 valence electrons. The second-order valence-corrected chi connectivity index (χ2v) is 7.60. The highest BCUT2D eigenvalue weighted by atomic mass is 16.5. The lowest BCUT2D eigenvalue weighted by atomic mass is 9.90. The molecule has 2 fully saturated rings. The molecule has 1 N–H and O–H groups in total. The molecule has 4 nitrogen and oxygen atoms in total. The fourth-order valence-electron chi connectivity index (χ4n) is 3.95. The third kappa shape index (κ3) is 3.65. The summed E-state index contributed by atoms with van der Waals surface area (Å²) in [5.74, 6) is 0.468. The van der Waals surface area contributed by atoms with Crippen molar-refractivity contribution in [3.05, 3.63) is 34.9 Å². The van der Waals surface area contributed by atoms with E-state index < -0.39 is 0 Å². The molecule has 0 unspecified atom stereocenters. The second kappa shape index (κ2) is 7.24.